The molecule has 0 aromatic heterocycles. The van der Waals surface area contributed by atoms with Gasteiger partial charge in [-0.2, -0.15) is 0 Å². The molecule has 2 aromatic carbocycles. The van der Waals surface area contributed by atoms with Gasteiger partial charge in [-0.05, 0) is 47.6 Å². The van der Waals surface area contributed by atoms with E-state index in [4.69, 9.17) is 16.3 Å². The van der Waals surface area contributed by atoms with Gasteiger partial charge in [-0.15, -0.1) is 11.6 Å². The van der Waals surface area contributed by atoms with E-state index in [1.54, 1.807) is 7.11 Å². The van der Waals surface area contributed by atoms with Gasteiger partial charge < -0.3 is 4.74 Å². The van der Waals surface area contributed by atoms with Crippen molar-refractivity contribution in [3.05, 3.63) is 64.7 Å². The van der Waals surface area contributed by atoms with Crippen molar-refractivity contribution in [1.82, 2.24) is 0 Å². The van der Waals surface area contributed by atoms with E-state index in [0.29, 0.717) is 5.92 Å². The number of methoxy groups -OCH3 is 1. The van der Waals surface area contributed by atoms with Gasteiger partial charge in [0.1, 0.15) is 5.75 Å². The Morgan fingerprint density at radius 1 is 1.00 bits per heavy atom. The van der Waals surface area contributed by atoms with E-state index >= 15 is 0 Å². The first-order valence-electron chi connectivity index (χ1n) is 7.45. The maximum atomic E-state index is 6.62. The maximum absolute atomic E-state index is 6.62. The number of hydrogen-bond acceptors (Lipinski definition) is 1. The molecule has 0 fully saturated rings. The molecule has 2 atom stereocenters. The van der Waals surface area contributed by atoms with E-state index in [9.17, 15) is 0 Å². The van der Waals surface area contributed by atoms with Gasteiger partial charge in [0, 0.05) is 0 Å². The fourth-order valence-electron chi connectivity index (χ4n) is 2.42. The summed E-state index contributed by atoms with van der Waals surface area (Å²) in [5, 5.41) is -0.148. The lowest BCUT2D eigenvalue weighted by molar-refractivity contribution is 0.411. The van der Waals surface area contributed by atoms with Crippen LogP contribution in [0.4, 0.5) is 0 Å². The van der Waals surface area contributed by atoms with Crippen molar-refractivity contribution < 1.29 is 4.74 Å². The zero-order chi connectivity index (χ0) is 15.4. The summed E-state index contributed by atoms with van der Waals surface area (Å²) in [6.07, 6.45) is 1.15. The molecule has 0 radical (unpaired) electrons. The molecule has 0 saturated heterocycles. The van der Waals surface area contributed by atoms with Crippen molar-refractivity contribution in [2.24, 2.45) is 0 Å². The third-order valence-electron chi connectivity index (χ3n) is 4.14. The number of rotatable bonds is 5. The second-order valence-corrected chi connectivity index (χ2v) is 6.00. The number of halogens is 1. The zero-order valence-electron chi connectivity index (χ0n) is 13.2. The molecule has 112 valence electrons. The van der Waals surface area contributed by atoms with E-state index in [0.717, 1.165) is 28.9 Å². The standard InChI is InChI=1S/C19H23ClO/c1-5-13(2)15-8-10-16(11-9-15)19(20)17-7-6-14(3)18(12-17)21-4/h6-13,19H,5H2,1-4H3. The van der Waals surface area contributed by atoms with Gasteiger partial charge >= 0.3 is 0 Å². The first-order valence-corrected chi connectivity index (χ1v) is 7.89. The molecule has 1 nitrogen and oxygen atoms in total. The van der Waals surface area contributed by atoms with Gasteiger partial charge in [0.05, 0.1) is 12.5 Å². The van der Waals surface area contributed by atoms with Crippen molar-refractivity contribution in [3.8, 4) is 5.75 Å². The van der Waals surface area contributed by atoms with Crippen LogP contribution in [0.5, 0.6) is 5.75 Å². The van der Waals surface area contributed by atoms with Gasteiger partial charge in [0.25, 0.3) is 0 Å². The fourth-order valence-corrected chi connectivity index (χ4v) is 2.70. The number of ether oxygens (including phenoxy) is 1. The van der Waals surface area contributed by atoms with Crippen LogP contribution in [0.3, 0.4) is 0 Å². The van der Waals surface area contributed by atoms with E-state index in [2.05, 4.69) is 50.2 Å². The molecule has 0 N–H and O–H groups in total. The first kappa shape index (κ1) is 15.9. The molecule has 0 amide bonds. The summed E-state index contributed by atoms with van der Waals surface area (Å²) < 4.78 is 5.38. The van der Waals surface area contributed by atoms with Crippen molar-refractivity contribution in [2.45, 2.75) is 38.5 Å². The van der Waals surface area contributed by atoms with Crippen LogP contribution in [-0.2, 0) is 0 Å². The average Bonchev–Trinajstić information content (AvgIpc) is 2.54. The smallest absolute Gasteiger partial charge is 0.122 e. The van der Waals surface area contributed by atoms with Gasteiger partial charge in [-0.3, -0.25) is 0 Å². The molecule has 2 aromatic rings. The van der Waals surface area contributed by atoms with Crippen LogP contribution in [0.2, 0.25) is 0 Å². The molecule has 2 rings (SSSR count). The molecule has 0 aliphatic carbocycles. The molecule has 0 bridgehead atoms. The summed E-state index contributed by atoms with van der Waals surface area (Å²) in [5.41, 5.74) is 4.67. The summed E-state index contributed by atoms with van der Waals surface area (Å²) in [5.74, 6) is 1.47. The molecule has 0 spiro atoms. The van der Waals surface area contributed by atoms with E-state index < -0.39 is 0 Å². The molecule has 21 heavy (non-hydrogen) atoms. The zero-order valence-corrected chi connectivity index (χ0v) is 13.9. The summed E-state index contributed by atoms with van der Waals surface area (Å²) >= 11 is 6.62. The molecule has 0 saturated carbocycles. The third kappa shape index (κ3) is 3.59. The number of alkyl halides is 1. The van der Waals surface area contributed by atoms with Crippen LogP contribution in [0, 0.1) is 6.92 Å². The Hall–Kier alpha value is -1.47. The molecular weight excluding hydrogens is 280 g/mol. The maximum Gasteiger partial charge on any atom is 0.122 e. The minimum atomic E-state index is -0.148. The number of hydrogen-bond donors (Lipinski definition) is 0. The number of aryl methyl sites for hydroxylation is 1. The van der Waals surface area contributed by atoms with Crippen LogP contribution in [0.15, 0.2) is 42.5 Å². The van der Waals surface area contributed by atoms with Crippen molar-refractivity contribution in [1.29, 1.82) is 0 Å². The molecule has 2 unspecified atom stereocenters. The van der Waals surface area contributed by atoms with Crippen molar-refractivity contribution in [3.63, 3.8) is 0 Å². The van der Waals surface area contributed by atoms with Crippen LogP contribution in [0.25, 0.3) is 0 Å². The SMILES string of the molecule is CCC(C)c1ccc(C(Cl)c2ccc(C)c(OC)c2)cc1. The van der Waals surface area contributed by atoms with Crippen molar-refractivity contribution >= 4 is 11.6 Å². The number of benzene rings is 2. The fraction of sp³-hybridized carbons (Fsp3) is 0.368. The van der Waals surface area contributed by atoms with E-state index in [-0.39, 0.29) is 5.38 Å². The van der Waals surface area contributed by atoms with Gasteiger partial charge in [-0.1, -0.05) is 50.2 Å². The second-order valence-electron chi connectivity index (χ2n) is 5.57. The lowest BCUT2D eigenvalue weighted by Gasteiger charge is -2.15. The first-order chi connectivity index (χ1) is 10.1. The molecule has 0 aliphatic rings. The van der Waals surface area contributed by atoms with Crippen LogP contribution >= 0.6 is 11.6 Å². The molecular formula is C19H23ClO. The van der Waals surface area contributed by atoms with Crippen LogP contribution < -0.4 is 4.74 Å². The summed E-state index contributed by atoms with van der Waals surface area (Å²) in [6, 6.07) is 14.8. The van der Waals surface area contributed by atoms with E-state index in [1.807, 2.05) is 13.0 Å². The van der Waals surface area contributed by atoms with Crippen molar-refractivity contribution in [2.75, 3.05) is 7.11 Å². The Kier molecular flexibility index (Phi) is 5.30. The highest BCUT2D eigenvalue weighted by atomic mass is 35.5. The third-order valence-corrected chi connectivity index (χ3v) is 4.64. The normalized spacial score (nSPS) is 13.8. The Morgan fingerprint density at radius 3 is 2.14 bits per heavy atom. The predicted molar refractivity (Wildman–Crippen MR) is 90.6 cm³/mol. The predicted octanol–water partition coefficient (Wildman–Crippen LogP) is 5.85. The highest BCUT2D eigenvalue weighted by Crippen LogP contribution is 2.33. The Balaban J connectivity index is 2.25. The lowest BCUT2D eigenvalue weighted by Crippen LogP contribution is -1.97. The largest absolute Gasteiger partial charge is 0.496 e. The minimum Gasteiger partial charge on any atom is -0.496 e. The van der Waals surface area contributed by atoms with Gasteiger partial charge in [0.15, 0.2) is 0 Å². The summed E-state index contributed by atoms with van der Waals surface area (Å²) in [7, 11) is 1.69. The highest BCUT2D eigenvalue weighted by Gasteiger charge is 2.13. The molecule has 0 aliphatic heterocycles. The topological polar surface area (TPSA) is 9.23 Å². The van der Waals surface area contributed by atoms with Gasteiger partial charge in [0.2, 0.25) is 0 Å². The Morgan fingerprint density at radius 2 is 1.57 bits per heavy atom. The summed E-state index contributed by atoms with van der Waals surface area (Å²) in [6.45, 7) is 6.49. The highest BCUT2D eigenvalue weighted by molar-refractivity contribution is 6.22. The van der Waals surface area contributed by atoms with Gasteiger partial charge in [-0.25, -0.2) is 0 Å². The average molecular weight is 303 g/mol. The Bertz CT molecular complexity index is 589. The van der Waals surface area contributed by atoms with Crippen LogP contribution in [0.1, 0.15) is 53.8 Å². The second kappa shape index (κ2) is 7.00. The minimum absolute atomic E-state index is 0.148. The summed E-state index contributed by atoms with van der Waals surface area (Å²) in [4.78, 5) is 0. The Labute approximate surface area is 132 Å². The monoisotopic (exact) mass is 302 g/mol. The van der Waals surface area contributed by atoms with E-state index in [1.165, 1.54) is 5.56 Å². The lowest BCUT2D eigenvalue weighted by atomic mass is 9.95. The van der Waals surface area contributed by atoms with Crippen LogP contribution in [-0.4, -0.2) is 7.11 Å². The molecule has 0 heterocycles. The quantitative estimate of drug-likeness (QED) is 0.630. The molecule has 2 heteroatoms.